The average Bonchev–Trinajstić information content (AvgIpc) is 2.43. The Morgan fingerprint density at radius 2 is 2.36 bits per heavy atom. The topological polar surface area (TPSA) is 93.4 Å². The smallest absolute Gasteiger partial charge is 0.322 e. The normalized spacial score (nSPS) is 37.1. The maximum absolute atomic E-state index is 11.6. The van der Waals surface area contributed by atoms with Crippen LogP contribution in [0.1, 0.15) is 12.8 Å². The Kier molecular flexibility index (Phi) is 2.16. The molecular weight excluding hydrogens is 186 g/mol. The Hall–Kier alpha value is -1.14. The zero-order valence-corrected chi connectivity index (χ0v) is 7.71. The summed E-state index contributed by atoms with van der Waals surface area (Å²) in [6.45, 7) is 0.820. The first-order valence-corrected chi connectivity index (χ1v) is 4.64. The van der Waals surface area contributed by atoms with Gasteiger partial charge in [0, 0.05) is 13.2 Å². The van der Waals surface area contributed by atoms with Gasteiger partial charge in [-0.15, -0.1) is 0 Å². The van der Waals surface area contributed by atoms with Crippen molar-refractivity contribution in [3.63, 3.8) is 0 Å². The van der Waals surface area contributed by atoms with Crippen LogP contribution in [0.25, 0.3) is 0 Å². The van der Waals surface area contributed by atoms with Crippen LogP contribution in [0, 0.1) is 0 Å². The van der Waals surface area contributed by atoms with E-state index in [1.54, 1.807) is 0 Å². The molecule has 1 spiro atoms. The largest absolute Gasteiger partial charge is 0.374 e. The molecule has 6 nitrogen and oxygen atoms in total. The van der Waals surface area contributed by atoms with E-state index in [-0.39, 0.29) is 12.5 Å². The molecule has 14 heavy (non-hydrogen) atoms. The van der Waals surface area contributed by atoms with E-state index in [9.17, 15) is 9.59 Å². The van der Waals surface area contributed by atoms with Gasteiger partial charge in [-0.2, -0.15) is 0 Å². The molecule has 4 N–H and O–H groups in total. The van der Waals surface area contributed by atoms with Crippen molar-refractivity contribution in [2.75, 3.05) is 13.2 Å². The first kappa shape index (κ1) is 9.42. The summed E-state index contributed by atoms with van der Waals surface area (Å²) in [5, 5.41) is 4.83. The summed E-state index contributed by atoms with van der Waals surface area (Å²) in [5.41, 5.74) is 4.58. The van der Waals surface area contributed by atoms with Gasteiger partial charge in [0.25, 0.3) is 5.91 Å². The van der Waals surface area contributed by atoms with Gasteiger partial charge in [-0.25, -0.2) is 4.79 Å². The summed E-state index contributed by atoms with van der Waals surface area (Å²) in [5.74, 6) is -0.322. The molecule has 0 aromatic heterocycles. The predicted molar refractivity (Wildman–Crippen MR) is 47.4 cm³/mol. The highest BCUT2D eigenvalue weighted by molar-refractivity contribution is 6.07. The highest BCUT2D eigenvalue weighted by atomic mass is 16.5. The van der Waals surface area contributed by atoms with E-state index in [2.05, 4.69) is 10.6 Å². The molecule has 2 saturated heterocycles. The zero-order chi connectivity index (χ0) is 10.2. The molecule has 0 aromatic carbocycles. The van der Waals surface area contributed by atoms with Crippen molar-refractivity contribution in [3.05, 3.63) is 0 Å². The van der Waals surface area contributed by atoms with Crippen LogP contribution < -0.4 is 16.4 Å². The lowest BCUT2D eigenvalue weighted by Gasteiger charge is -2.37. The second-order valence-electron chi connectivity index (χ2n) is 3.58. The minimum atomic E-state index is -0.927. The summed E-state index contributed by atoms with van der Waals surface area (Å²) in [7, 11) is 0. The van der Waals surface area contributed by atoms with Crippen LogP contribution in [-0.2, 0) is 9.53 Å². The minimum absolute atomic E-state index is 0.230. The molecule has 0 radical (unpaired) electrons. The molecule has 2 unspecified atom stereocenters. The van der Waals surface area contributed by atoms with Crippen LogP contribution >= 0.6 is 0 Å². The van der Waals surface area contributed by atoms with E-state index in [0.717, 1.165) is 6.42 Å². The first-order chi connectivity index (χ1) is 6.69. The van der Waals surface area contributed by atoms with Crippen molar-refractivity contribution in [3.8, 4) is 0 Å². The molecule has 78 valence electrons. The van der Waals surface area contributed by atoms with Gasteiger partial charge >= 0.3 is 6.03 Å². The van der Waals surface area contributed by atoms with Gasteiger partial charge < -0.3 is 15.8 Å². The van der Waals surface area contributed by atoms with Crippen LogP contribution in [0.4, 0.5) is 4.79 Å². The molecule has 0 saturated carbocycles. The van der Waals surface area contributed by atoms with E-state index in [1.165, 1.54) is 0 Å². The average molecular weight is 199 g/mol. The summed E-state index contributed by atoms with van der Waals surface area (Å²) in [6, 6.07) is -0.459. The Morgan fingerprint density at radius 1 is 1.57 bits per heavy atom. The molecule has 2 aliphatic heterocycles. The third-order valence-corrected chi connectivity index (χ3v) is 2.77. The van der Waals surface area contributed by atoms with Crippen molar-refractivity contribution >= 4 is 11.9 Å². The van der Waals surface area contributed by atoms with Gasteiger partial charge in [0.1, 0.15) is 11.6 Å². The van der Waals surface area contributed by atoms with Crippen LogP contribution in [0.2, 0.25) is 0 Å². The number of ether oxygens (including phenoxy) is 1. The molecule has 0 aliphatic carbocycles. The Morgan fingerprint density at radius 3 is 2.93 bits per heavy atom. The number of carbonyl (C=O) groups excluding carboxylic acids is 2. The minimum Gasteiger partial charge on any atom is -0.374 e. The van der Waals surface area contributed by atoms with Crippen LogP contribution in [-0.4, -0.2) is 36.7 Å². The van der Waals surface area contributed by atoms with Crippen molar-refractivity contribution < 1.29 is 14.3 Å². The van der Waals surface area contributed by atoms with Gasteiger partial charge in [-0.05, 0) is 12.8 Å². The third-order valence-electron chi connectivity index (χ3n) is 2.77. The standard InChI is InChI=1S/C8H13N3O3/c9-4-5-8(2-1-3-14-5)6(12)10-7(13)11-8/h5H,1-4,9H2,(H2,10,11,12,13). The molecule has 6 heteroatoms. The van der Waals surface area contributed by atoms with Gasteiger partial charge in [0.05, 0.1) is 0 Å². The van der Waals surface area contributed by atoms with Crippen LogP contribution in [0.5, 0.6) is 0 Å². The Balaban J connectivity index is 2.26. The third kappa shape index (κ3) is 1.18. The van der Waals surface area contributed by atoms with Crippen molar-refractivity contribution in [1.29, 1.82) is 0 Å². The number of hydrogen-bond acceptors (Lipinski definition) is 4. The molecule has 0 aromatic rings. The monoisotopic (exact) mass is 199 g/mol. The fourth-order valence-corrected chi connectivity index (χ4v) is 2.06. The lowest BCUT2D eigenvalue weighted by molar-refractivity contribution is -0.134. The number of amides is 3. The Labute approximate surface area is 81.2 Å². The van der Waals surface area contributed by atoms with E-state index in [4.69, 9.17) is 10.5 Å². The van der Waals surface area contributed by atoms with Gasteiger partial charge in [0.15, 0.2) is 0 Å². The lowest BCUT2D eigenvalue weighted by Crippen LogP contribution is -2.61. The molecule has 2 atom stereocenters. The number of carbonyl (C=O) groups is 2. The second kappa shape index (κ2) is 3.21. The SMILES string of the molecule is NCC1OCCCC12NC(=O)NC2=O. The van der Waals surface area contributed by atoms with E-state index >= 15 is 0 Å². The van der Waals surface area contributed by atoms with Gasteiger partial charge in [-0.3, -0.25) is 10.1 Å². The van der Waals surface area contributed by atoms with Gasteiger partial charge in [0.2, 0.25) is 0 Å². The van der Waals surface area contributed by atoms with Gasteiger partial charge in [-0.1, -0.05) is 0 Å². The predicted octanol–water partition coefficient (Wildman–Crippen LogP) is -1.30. The molecular formula is C8H13N3O3. The fraction of sp³-hybridized carbons (Fsp3) is 0.750. The maximum Gasteiger partial charge on any atom is 0.322 e. The number of nitrogens with one attached hydrogen (secondary N) is 2. The highest BCUT2D eigenvalue weighted by Gasteiger charge is 2.53. The number of nitrogens with two attached hydrogens (primary N) is 1. The first-order valence-electron chi connectivity index (χ1n) is 4.64. The molecule has 2 aliphatic rings. The van der Waals surface area contributed by atoms with Crippen LogP contribution in [0.15, 0.2) is 0 Å². The number of rotatable bonds is 1. The second-order valence-corrected chi connectivity index (χ2v) is 3.58. The summed E-state index contributed by atoms with van der Waals surface area (Å²) >= 11 is 0. The molecule has 2 heterocycles. The summed E-state index contributed by atoms with van der Waals surface area (Å²) in [6.07, 6.45) is 0.930. The number of hydrogen-bond donors (Lipinski definition) is 3. The Bertz CT molecular complexity index is 281. The van der Waals surface area contributed by atoms with Crippen molar-refractivity contribution in [1.82, 2.24) is 10.6 Å². The number of imide groups is 1. The van der Waals surface area contributed by atoms with Crippen molar-refractivity contribution in [2.45, 2.75) is 24.5 Å². The summed E-state index contributed by atoms with van der Waals surface area (Å²) in [4.78, 5) is 22.6. The van der Waals surface area contributed by atoms with Crippen LogP contribution in [0.3, 0.4) is 0 Å². The number of urea groups is 1. The molecule has 0 bridgehead atoms. The molecule has 3 amide bonds. The maximum atomic E-state index is 11.6. The quantitative estimate of drug-likeness (QED) is 0.458. The molecule has 2 rings (SSSR count). The summed E-state index contributed by atoms with van der Waals surface area (Å²) < 4.78 is 5.38. The molecule has 2 fully saturated rings. The highest BCUT2D eigenvalue weighted by Crippen LogP contribution is 2.27. The van der Waals surface area contributed by atoms with Crippen molar-refractivity contribution in [2.24, 2.45) is 5.73 Å². The zero-order valence-electron chi connectivity index (χ0n) is 7.71. The van der Waals surface area contributed by atoms with E-state index in [1.807, 2.05) is 0 Å². The lowest BCUT2D eigenvalue weighted by atomic mass is 9.85. The van der Waals surface area contributed by atoms with E-state index in [0.29, 0.717) is 13.0 Å². The van der Waals surface area contributed by atoms with E-state index < -0.39 is 17.7 Å². The fourth-order valence-electron chi connectivity index (χ4n) is 2.06.